The fourth-order valence-electron chi connectivity index (χ4n) is 2.87. The van der Waals surface area contributed by atoms with E-state index in [1.54, 1.807) is 0 Å². The van der Waals surface area contributed by atoms with Gasteiger partial charge in [-0.05, 0) is 39.0 Å². The summed E-state index contributed by atoms with van der Waals surface area (Å²) in [6.45, 7) is 10.4. The molecule has 1 fully saturated rings. The zero-order valence-electron chi connectivity index (χ0n) is 14.7. The van der Waals surface area contributed by atoms with Crippen LogP contribution in [0.25, 0.3) is 0 Å². The van der Waals surface area contributed by atoms with Gasteiger partial charge in [0, 0.05) is 6.42 Å². The number of unbranched alkanes of at least 4 members (excludes halogenated alkanes) is 4. The van der Waals surface area contributed by atoms with Crippen molar-refractivity contribution >= 4 is 0 Å². The molecule has 1 saturated heterocycles. The molecule has 0 atom stereocenters. The van der Waals surface area contributed by atoms with Gasteiger partial charge in [-0.1, -0.05) is 57.6 Å². The monoisotopic (exact) mass is 296 g/mol. The van der Waals surface area contributed by atoms with E-state index in [9.17, 15) is 0 Å². The van der Waals surface area contributed by atoms with Crippen molar-refractivity contribution in [2.75, 3.05) is 13.2 Å². The highest BCUT2D eigenvalue weighted by Gasteiger charge is 2.29. The topological polar surface area (TPSA) is 18.5 Å². The lowest BCUT2D eigenvalue weighted by Gasteiger charge is -2.21. The number of rotatable bonds is 11. The van der Waals surface area contributed by atoms with Crippen LogP contribution < -0.4 is 0 Å². The Morgan fingerprint density at radius 3 is 2.33 bits per heavy atom. The molecule has 0 radical (unpaired) electrons. The SMILES string of the molecule is C/C(=C/CCC1(C)OCCO1)CCCCCCCC(C)C. The molecule has 0 saturated carbocycles. The van der Waals surface area contributed by atoms with Crippen LogP contribution in [0.4, 0.5) is 0 Å². The third-order valence-corrected chi connectivity index (χ3v) is 4.34. The number of hydrogen-bond acceptors (Lipinski definition) is 2. The quantitative estimate of drug-likeness (QED) is 0.351. The van der Waals surface area contributed by atoms with Crippen molar-refractivity contribution < 1.29 is 9.47 Å². The number of allylic oxidation sites excluding steroid dienone is 2. The molecule has 21 heavy (non-hydrogen) atoms. The average Bonchev–Trinajstić information content (AvgIpc) is 2.84. The van der Waals surface area contributed by atoms with E-state index in [1.807, 2.05) is 0 Å². The van der Waals surface area contributed by atoms with E-state index in [0.29, 0.717) is 0 Å². The van der Waals surface area contributed by atoms with Crippen LogP contribution in [-0.4, -0.2) is 19.0 Å². The van der Waals surface area contributed by atoms with Crippen molar-refractivity contribution in [3.63, 3.8) is 0 Å². The van der Waals surface area contributed by atoms with Gasteiger partial charge in [-0.15, -0.1) is 0 Å². The van der Waals surface area contributed by atoms with Gasteiger partial charge in [0.1, 0.15) is 0 Å². The molecule has 0 unspecified atom stereocenters. The smallest absolute Gasteiger partial charge is 0.166 e. The molecular weight excluding hydrogens is 260 g/mol. The molecule has 0 N–H and O–H groups in total. The van der Waals surface area contributed by atoms with Gasteiger partial charge in [0.2, 0.25) is 0 Å². The second-order valence-corrected chi connectivity index (χ2v) is 7.12. The summed E-state index contributed by atoms with van der Waals surface area (Å²) < 4.78 is 11.2. The Labute approximate surface area is 132 Å². The molecule has 1 aliphatic rings. The third-order valence-electron chi connectivity index (χ3n) is 4.34. The first-order valence-electron chi connectivity index (χ1n) is 8.95. The van der Waals surface area contributed by atoms with Crippen molar-refractivity contribution in [3.05, 3.63) is 11.6 Å². The van der Waals surface area contributed by atoms with Crippen LogP contribution in [0.2, 0.25) is 0 Å². The lowest BCUT2D eigenvalue weighted by Crippen LogP contribution is -2.24. The van der Waals surface area contributed by atoms with E-state index >= 15 is 0 Å². The van der Waals surface area contributed by atoms with E-state index in [0.717, 1.165) is 32.0 Å². The Bertz CT molecular complexity index is 288. The van der Waals surface area contributed by atoms with Gasteiger partial charge in [0.05, 0.1) is 13.2 Å². The maximum Gasteiger partial charge on any atom is 0.166 e. The van der Waals surface area contributed by atoms with E-state index < -0.39 is 0 Å². The minimum atomic E-state index is -0.326. The van der Waals surface area contributed by atoms with Crippen molar-refractivity contribution in [1.29, 1.82) is 0 Å². The largest absolute Gasteiger partial charge is 0.348 e. The van der Waals surface area contributed by atoms with Crippen molar-refractivity contribution in [3.8, 4) is 0 Å². The summed E-state index contributed by atoms with van der Waals surface area (Å²) >= 11 is 0. The Kier molecular flexibility index (Phi) is 9.26. The molecule has 0 aliphatic carbocycles. The van der Waals surface area contributed by atoms with Crippen LogP contribution >= 0.6 is 0 Å². The molecular formula is C19H36O2. The van der Waals surface area contributed by atoms with Crippen LogP contribution in [-0.2, 0) is 9.47 Å². The highest BCUT2D eigenvalue weighted by atomic mass is 16.7. The predicted octanol–water partition coefficient (Wildman–Crippen LogP) is 5.86. The van der Waals surface area contributed by atoms with Gasteiger partial charge in [-0.25, -0.2) is 0 Å². The Morgan fingerprint density at radius 2 is 1.67 bits per heavy atom. The molecule has 1 aliphatic heterocycles. The first-order chi connectivity index (χ1) is 10.0. The summed E-state index contributed by atoms with van der Waals surface area (Å²) in [5.41, 5.74) is 1.53. The molecule has 0 amide bonds. The van der Waals surface area contributed by atoms with Gasteiger partial charge in [0.25, 0.3) is 0 Å². The zero-order valence-corrected chi connectivity index (χ0v) is 14.7. The minimum Gasteiger partial charge on any atom is -0.348 e. The first kappa shape index (κ1) is 18.7. The Morgan fingerprint density at radius 1 is 1.05 bits per heavy atom. The van der Waals surface area contributed by atoms with Gasteiger partial charge < -0.3 is 9.47 Å². The molecule has 1 heterocycles. The Hall–Kier alpha value is -0.340. The van der Waals surface area contributed by atoms with Crippen LogP contribution in [0.5, 0.6) is 0 Å². The summed E-state index contributed by atoms with van der Waals surface area (Å²) in [7, 11) is 0. The van der Waals surface area contributed by atoms with Crippen LogP contribution in [0.15, 0.2) is 11.6 Å². The summed E-state index contributed by atoms with van der Waals surface area (Å²) in [6.07, 6.45) is 14.0. The highest BCUT2D eigenvalue weighted by molar-refractivity contribution is 4.98. The third kappa shape index (κ3) is 9.31. The fourth-order valence-corrected chi connectivity index (χ4v) is 2.87. The van der Waals surface area contributed by atoms with Crippen LogP contribution in [0.3, 0.4) is 0 Å². The average molecular weight is 296 g/mol. The van der Waals surface area contributed by atoms with Crippen LogP contribution in [0, 0.1) is 5.92 Å². The maximum atomic E-state index is 5.62. The van der Waals surface area contributed by atoms with Gasteiger partial charge in [-0.3, -0.25) is 0 Å². The Balaban J connectivity index is 1.97. The lowest BCUT2D eigenvalue weighted by atomic mass is 10.0. The minimum absolute atomic E-state index is 0.326. The van der Waals surface area contributed by atoms with Gasteiger partial charge >= 0.3 is 0 Å². The van der Waals surface area contributed by atoms with E-state index in [-0.39, 0.29) is 5.79 Å². The maximum absolute atomic E-state index is 5.62. The summed E-state index contributed by atoms with van der Waals surface area (Å²) in [5.74, 6) is 0.539. The van der Waals surface area contributed by atoms with Crippen LogP contribution in [0.1, 0.15) is 85.5 Å². The summed E-state index contributed by atoms with van der Waals surface area (Å²) in [6, 6.07) is 0. The second kappa shape index (κ2) is 10.4. The van der Waals surface area contributed by atoms with Crippen molar-refractivity contribution in [1.82, 2.24) is 0 Å². The highest BCUT2D eigenvalue weighted by Crippen LogP contribution is 2.24. The number of ether oxygens (including phenoxy) is 2. The molecule has 0 aromatic rings. The molecule has 2 heteroatoms. The van der Waals surface area contributed by atoms with E-state index in [4.69, 9.17) is 9.47 Å². The first-order valence-corrected chi connectivity index (χ1v) is 8.95. The molecule has 0 aromatic carbocycles. The summed E-state index contributed by atoms with van der Waals surface area (Å²) in [4.78, 5) is 0. The zero-order chi connectivity index (χ0) is 15.6. The molecule has 124 valence electrons. The number of hydrogen-bond donors (Lipinski definition) is 0. The second-order valence-electron chi connectivity index (χ2n) is 7.12. The predicted molar refractivity (Wildman–Crippen MR) is 90.5 cm³/mol. The molecule has 0 bridgehead atoms. The van der Waals surface area contributed by atoms with Crippen molar-refractivity contribution in [2.45, 2.75) is 91.3 Å². The fraction of sp³-hybridized carbons (Fsp3) is 0.895. The van der Waals surface area contributed by atoms with Gasteiger partial charge in [0.15, 0.2) is 5.79 Å². The lowest BCUT2D eigenvalue weighted by molar-refractivity contribution is -0.145. The van der Waals surface area contributed by atoms with E-state index in [2.05, 4.69) is 33.8 Å². The standard InChI is InChI=1S/C19H36O2/c1-17(2)11-8-6-5-7-9-12-18(3)13-10-14-19(4)20-15-16-21-19/h13,17H,5-12,14-16H2,1-4H3/b18-13-. The molecule has 1 rings (SSSR count). The van der Waals surface area contributed by atoms with Gasteiger partial charge in [-0.2, -0.15) is 0 Å². The normalized spacial score (nSPS) is 18.6. The molecule has 2 nitrogen and oxygen atoms in total. The van der Waals surface area contributed by atoms with Crippen molar-refractivity contribution in [2.24, 2.45) is 5.92 Å². The molecule has 0 spiro atoms. The summed E-state index contributed by atoms with van der Waals surface area (Å²) in [5, 5.41) is 0. The van der Waals surface area contributed by atoms with E-state index in [1.165, 1.54) is 50.5 Å². The molecule has 0 aromatic heterocycles.